The number of benzene rings is 2. The molecular weight excluding hydrogens is 331 g/mol. The Kier molecular flexibility index (Phi) is 4.71. The summed E-state index contributed by atoms with van der Waals surface area (Å²) in [5.41, 5.74) is 2.97. The maximum absolute atomic E-state index is 13.1. The highest BCUT2D eigenvalue weighted by molar-refractivity contribution is 5.52. The molecule has 134 valence electrons. The average molecular weight is 352 g/mol. The molecule has 0 aliphatic carbocycles. The Bertz CT molecular complexity index is 858. The molecule has 5 heteroatoms. The molecule has 0 unspecified atom stereocenters. The number of ether oxygens (including phenoxy) is 1. The van der Waals surface area contributed by atoms with Gasteiger partial charge in [0, 0.05) is 18.2 Å². The molecule has 1 aliphatic rings. The van der Waals surface area contributed by atoms with Crippen molar-refractivity contribution in [1.82, 2.24) is 9.88 Å². The summed E-state index contributed by atoms with van der Waals surface area (Å²) in [4.78, 5) is 7.00. The molecule has 2 heterocycles. The van der Waals surface area contributed by atoms with E-state index in [1.807, 2.05) is 12.1 Å². The zero-order valence-electron chi connectivity index (χ0n) is 14.7. The summed E-state index contributed by atoms with van der Waals surface area (Å²) in [5, 5.41) is 0. The lowest BCUT2D eigenvalue weighted by Gasteiger charge is -2.23. The van der Waals surface area contributed by atoms with Crippen molar-refractivity contribution in [2.24, 2.45) is 0 Å². The van der Waals surface area contributed by atoms with Crippen molar-refractivity contribution in [3.05, 3.63) is 71.9 Å². The van der Waals surface area contributed by atoms with Crippen molar-refractivity contribution < 1.29 is 13.5 Å². The smallest absolute Gasteiger partial charge is 0.226 e. The molecule has 1 atom stereocenters. The molecule has 0 saturated carbocycles. The fourth-order valence-electron chi connectivity index (χ4n) is 3.53. The van der Waals surface area contributed by atoms with Gasteiger partial charge in [0.25, 0.3) is 0 Å². The van der Waals surface area contributed by atoms with Crippen molar-refractivity contribution in [1.29, 1.82) is 0 Å². The highest BCUT2D eigenvalue weighted by Gasteiger charge is 2.26. The predicted octanol–water partition coefficient (Wildman–Crippen LogP) is 4.83. The molecular formula is C21H21FN2O2. The van der Waals surface area contributed by atoms with Crippen molar-refractivity contribution in [3.63, 3.8) is 0 Å². The van der Waals surface area contributed by atoms with Gasteiger partial charge in [-0.1, -0.05) is 12.1 Å². The number of hydrogen-bond donors (Lipinski definition) is 0. The Morgan fingerprint density at radius 2 is 1.92 bits per heavy atom. The Morgan fingerprint density at radius 3 is 2.65 bits per heavy atom. The molecule has 2 aromatic carbocycles. The van der Waals surface area contributed by atoms with Crippen LogP contribution in [0.5, 0.6) is 5.75 Å². The monoisotopic (exact) mass is 352 g/mol. The first-order valence-corrected chi connectivity index (χ1v) is 8.81. The summed E-state index contributed by atoms with van der Waals surface area (Å²) in [6, 6.07) is 14.9. The van der Waals surface area contributed by atoms with E-state index in [0.717, 1.165) is 36.5 Å². The number of oxazole rings is 1. The Balaban J connectivity index is 1.48. The van der Waals surface area contributed by atoms with Crippen LogP contribution in [0.2, 0.25) is 0 Å². The van der Waals surface area contributed by atoms with E-state index in [1.165, 1.54) is 24.1 Å². The maximum Gasteiger partial charge on any atom is 0.226 e. The molecule has 1 saturated heterocycles. The Labute approximate surface area is 152 Å². The Hall–Kier alpha value is -2.66. The van der Waals surface area contributed by atoms with Crippen LogP contribution in [0.25, 0.3) is 11.5 Å². The minimum atomic E-state index is -0.264. The quantitative estimate of drug-likeness (QED) is 0.659. The van der Waals surface area contributed by atoms with Gasteiger partial charge in [-0.2, -0.15) is 0 Å². The summed E-state index contributed by atoms with van der Waals surface area (Å²) in [6.07, 6.45) is 4.00. The zero-order chi connectivity index (χ0) is 17.9. The van der Waals surface area contributed by atoms with Crippen molar-refractivity contribution in [3.8, 4) is 17.2 Å². The lowest BCUT2D eigenvalue weighted by Crippen LogP contribution is -2.22. The topological polar surface area (TPSA) is 38.5 Å². The number of rotatable bonds is 5. The van der Waals surface area contributed by atoms with E-state index in [4.69, 9.17) is 9.15 Å². The van der Waals surface area contributed by atoms with E-state index < -0.39 is 0 Å². The van der Waals surface area contributed by atoms with E-state index in [2.05, 4.69) is 22.0 Å². The van der Waals surface area contributed by atoms with E-state index in [0.29, 0.717) is 11.9 Å². The van der Waals surface area contributed by atoms with E-state index >= 15 is 0 Å². The summed E-state index contributed by atoms with van der Waals surface area (Å²) < 4.78 is 23.9. The fraction of sp³-hybridized carbons (Fsp3) is 0.286. The first-order chi connectivity index (χ1) is 12.7. The van der Waals surface area contributed by atoms with Gasteiger partial charge < -0.3 is 9.15 Å². The van der Waals surface area contributed by atoms with E-state index in [1.54, 1.807) is 25.5 Å². The fourth-order valence-corrected chi connectivity index (χ4v) is 3.53. The molecule has 0 amide bonds. The number of nitrogens with zero attached hydrogens (tertiary/aromatic N) is 2. The second-order valence-corrected chi connectivity index (χ2v) is 6.55. The third-order valence-corrected chi connectivity index (χ3v) is 4.87. The van der Waals surface area contributed by atoms with Gasteiger partial charge in [-0.25, -0.2) is 9.37 Å². The number of hydrogen-bond acceptors (Lipinski definition) is 4. The minimum Gasteiger partial charge on any atom is -0.497 e. The number of aromatic nitrogens is 1. The lowest BCUT2D eigenvalue weighted by atomic mass is 10.0. The first kappa shape index (κ1) is 16.8. The zero-order valence-corrected chi connectivity index (χ0v) is 14.7. The van der Waals surface area contributed by atoms with Gasteiger partial charge in [0.15, 0.2) is 0 Å². The second kappa shape index (κ2) is 7.30. The molecule has 0 N–H and O–H groups in total. The highest BCUT2D eigenvalue weighted by atomic mass is 19.1. The summed E-state index contributed by atoms with van der Waals surface area (Å²) >= 11 is 0. The molecule has 1 aromatic heterocycles. The second-order valence-electron chi connectivity index (χ2n) is 6.55. The van der Waals surface area contributed by atoms with E-state index in [-0.39, 0.29) is 5.82 Å². The third-order valence-electron chi connectivity index (χ3n) is 4.87. The molecule has 0 spiro atoms. The molecule has 4 rings (SSSR count). The standard InChI is InChI=1S/C21H21FN2O2/c1-25-19-10-6-15(7-11-19)20-3-2-12-24(20)13-18-14-26-21(23-18)16-4-8-17(22)9-5-16/h4-11,14,20H,2-3,12-13H2,1H3/t20-/m1/s1. The average Bonchev–Trinajstić information content (AvgIpc) is 3.33. The first-order valence-electron chi connectivity index (χ1n) is 8.81. The summed E-state index contributed by atoms with van der Waals surface area (Å²) in [6.45, 7) is 1.77. The lowest BCUT2D eigenvalue weighted by molar-refractivity contribution is 0.245. The van der Waals surface area contributed by atoms with Crippen molar-refractivity contribution in [2.75, 3.05) is 13.7 Å². The van der Waals surface area contributed by atoms with Crippen LogP contribution in [-0.4, -0.2) is 23.5 Å². The maximum atomic E-state index is 13.1. The van der Waals surface area contributed by atoms with Gasteiger partial charge in [0.2, 0.25) is 5.89 Å². The van der Waals surface area contributed by atoms with Crippen LogP contribution in [0.4, 0.5) is 4.39 Å². The molecule has 4 nitrogen and oxygen atoms in total. The number of halogens is 1. The molecule has 1 aliphatic heterocycles. The number of methoxy groups -OCH3 is 1. The molecule has 0 bridgehead atoms. The third kappa shape index (κ3) is 3.48. The molecule has 3 aromatic rings. The molecule has 0 radical (unpaired) electrons. The normalized spacial score (nSPS) is 17.5. The molecule has 1 fully saturated rings. The van der Waals surface area contributed by atoms with Crippen LogP contribution >= 0.6 is 0 Å². The van der Waals surface area contributed by atoms with Crippen molar-refractivity contribution in [2.45, 2.75) is 25.4 Å². The highest BCUT2D eigenvalue weighted by Crippen LogP contribution is 2.34. The van der Waals surface area contributed by atoms with Crippen LogP contribution in [0.3, 0.4) is 0 Å². The van der Waals surface area contributed by atoms with Crippen LogP contribution in [0.15, 0.2) is 59.2 Å². The van der Waals surface area contributed by atoms with Gasteiger partial charge in [0.05, 0.1) is 12.8 Å². The predicted molar refractivity (Wildman–Crippen MR) is 97.3 cm³/mol. The number of likely N-dealkylation sites (tertiary alicyclic amines) is 1. The Morgan fingerprint density at radius 1 is 1.15 bits per heavy atom. The van der Waals surface area contributed by atoms with Gasteiger partial charge in [-0.15, -0.1) is 0 Å². The minimum absolute atomic E-state index is 0.264. The van der Waals surface area contributed by atoms with Gasteiger partial charge in [-0.3, -0.25) is 4.90 Å². The summed E-state index contributed by atoms with van der Waals surface area (Å²) in [5.74, 6) is 1.14. The van der Waals surface area contributed by atoms with Crippen LogP contribution in [-0.2, 0) is 6.54 Å². The van der Waals surface area contributed by atoms with Gasteiger partial charge in [0.1, 0.15) is 17.8 Å². The van der Waals surface area contributed by atoms with Gasteiger partial charge >= 0.3 is 0 Å². The van der Waals surface area contributed by atoms with Crippen LogP contribution < -0.4 is 4.74 Å². The van der Waals surface area contributed by atoms with Crippen molar-refractivity contribution >= 4 is 0 Å². The largest absolute Gasteiger partial charge is 0.497 e. The molecule has 26 heavy (non-hydrogen) atoms. The van der Waals surface area contributed by atoms with E-state index in [9.17, 15) is 4.39 Å². The summed E-state index contributed by atoms with van der Waals surface area (Å²) in [7, 11) is 1.68. The van der Waals surface area contributed by atoms with Crippen LogP contribution in [0.1, 0.15) is 30.1 Å². The van der Waals surface area contributed by atoms with Crippen LogP contribution in [0, 0.1) is 5.82 Å². The van der Waals surface area contributed by atoms with Gasteiger partial charge in [-0.05, 0) is 61.3 Å². The SMILES string of the molecule is COc1ccc([C@H]2CCCN2Cc2coc(-c3ccc(F)cc3)n2)cc1.